The first-order valence-corrected chi connectivity index (χ1v) is 7.72. The molecule has 0 saturated heterocycles. The van der Waals surface area contributed by atoms with Crippen molar-refractivity contribution >= 4 is 0 Å². The molecular formula is C14H29N5. The third-order valence-corrected chi connectivity index (χ3v) is 3.62. The minimum absolute atomic E-state index is 0.221. The van der Waals surface area contributed by atoms with Crippen molar-refractivity contribution in [1.82, 2.24) is 25.5 Å². The predicted octanol–water partition coefficient (Wildman–Crippen LogP) is 2.95. The molecule has 2 unspecified atom stereocenters. The summed E-state index contributed by atoms with van der Waals surface area (Å²) >= 11 is 0. The highest BCUT2D eigenvalue weighted by molar-refractivity contribution is 4.89. The van der Waals surface area contributed by atoms with Crippen LogP contribution in [0.2, 0.25) is 0 Å². The summed E-state index contributed by atoms with van der Waals surface area (Å²) in [4.78, 5) is 0. The van der Waals surface area contributed by atoms with Gasteiger partial charge in [-0.2, -0.15) is 0 Å². The minimum atomic E-state index is 0.221. The van der Waals surface area contributed by atoms with Crippen molar-refractivity contribution in [3.05, 3.63) is 5.82 Å². The Morgan fingerprint density at radius 2 is 2.00 bits per heavy atom. The topological polar surface area (TPSA) is 55.6 Å². The van der Waals surface area contributed by atoms with E-state index in [9.17, 15) is 0 Å². The van der Waals surface area contributed by atoms with Crippen molar-refractivity contribution < 1.29 is 0 Å². The summed E-state index contributed by atoms with van der Waals surface area (Å²) in [6.07, 6.45) is 6.13. The van der Waals surface area contributed by atoms with Gasteiger partial charge in [-0.3, -0.25) is 0 Å². The van der Waals surface area contributed by atoms with Crippen LogP contribution in [0.25, 0.3) is 0 Å². The van der Waals surface area contributed by atoms with Crippen LogP contribution in [-0.4, -0.2) is 26.8 Å². The summed E-state index contributed by atoms with van der Waals surface area (Å²) < 4.78 is 1.98. The molecule has 0 spiro atoms. The molecule has 0 fully saturated rings. The first-order chi connectivity index (χ1) is 9.22. The highest BCUT2D eigenvalue weighted by Gasteiger charge is 2.16. The lowest BCUT2D eigenvalue weighted by Crippen LogP contribution is -2.24. The van der Waals surface area contributed by atoms with E-state index < -0.39 is 0 Å². The summed E-state index contributed by atoms with van der Waals surface area (Å²) in [5, 5.41) is 15.6. The predicted molar refractivity (Wildman–Crippen MR) is 77.8 cm³/mol. The first-order valence-electron chi connectivity index (χ1n) is 7.72. The van der Waals surface area contributed by atoms with Gasteiger partial charge >= 0.3 is 0 Å². The summed E-state index contributed by atoms with van der Waals surface area (Å²) in [5.41, 5.74) is 0. The van der Waals surface area contributed by atoms with Crippen LogP contribution >= 0.6 is 0 Å². The van der Waals surface area contributed by atoms with E-state index in [1.807, 2.05) is 4.68 Å². The Hall–Kier alpha value is -0.970. The Balaban J connectivity index is 2.60. The largest absolute Gasteiger partial charge is 0.307 e. The van der Waals surface area contributed by atoms with Crippen LogP contribution in [0.1, 0.15) is 71.7 Å². The van der Waals surface area contributed by atoms with Crippen molar-refractivity contribution in [2.75, 3.05) is 6.54 Å². The van der Waals surface area contributed by atoms with Crippen LogP contribution in [0.4, 0.5) is 0 Å². The monoisotopic (exact) mass is 267 g/mol. The van der Waals surface area contributed by atoms with Gasteiger partial charge in [-0.15, -0.1) is 5.10 Å². The highest BCUT2D eigenvalue weighted by atomic mass is 15.5. The number of nitrogens with zero attached hydrogens (tertiary/aromatic N) is 4. The van der Waals surface area contributed by atoms with Crippen LogP contribution in [0, 0.1) is 5.92 Å². The molecule has 5 nitrogen and oxygen atoms in total. The van der Waals surface area contributed by atoms with Crippen molar-refractivity contribution in [2.24, 2.45) is 5.92 Å². The van der Waals surface area contributed by atoms with E-state index in [1.54, 1.807) is 0 Å². The molecule has 1 aromatic heterocycles. The molecule has 19 heavy (non-hydrogen) atoms. The van der Waals surface area contributed by atoms with E-state index in [0.29, 0.717) is 5.92 Å². The zero-order chi connectivity index (χ0) is 14.1. The van der Waals surface area contributed by atoms with Crippen LogP contribution < -0.4 is 5.32 Å². The average Bonchev–Trinajstić information content (AvgIpc) is 2.88. The quantitative estimate of drug-likeness (QED) is 0.708. The second-order valence-corrected chi connectivity index (χ2v) is 5.31. The number of tetrazole rings is 1. The summed E-state index contributed by atoms with van der Waals surface area (Å²) in [6.45, 7) is 10.7. The zero-order valence-corrected chi connectivity index (χ0v) is 12.9. The lowest BCUT2D eigenvalue weighted by atomic mass is 9.99. The van der Waals surface area contributed by atoms with E-state index >= 15 is 0 Å². The van der Waals surface area contributed by atoms with Crippen LogP contribution in [0.3, 0.4) is 0 Å². The second-order valence-electron chi connectivity index (χ2n) is 5.31. The number of nitrogens with one attached hydrogen (secondary N) is 1. The molecule has 1 aromatic rings. The number of hydrogen-bond acceptors (Lipinski definition) is 4. The molecule has 0 radical (unpaired) electrons. The number of aromatic nitrogens is 4. The van der Waals surface area contributed by atoms with Gasteiger partial charge in [0.1, 0.15) is 0 Å². The van der Waals surface area contributed by atoms with Crippen LogP contribution in [0.5, 0.6) is 0 Å². The maximum atomic E-state index is 4.18. The standard InChI is InChI=1S/C14H29N5/c1-5-8-9-13(7-3)11-19-14(16-17-18-19)12(4)15-10-6-2/h12-13,15H,5-11H2,1-4H3. The van der Waals surface area contributed by atoms with Gasteiger partial charge in [-0.25, -0.2) is 4.68 Å². The van der Waals surface area contributed by atoms with Gasteiger partial charge in [-0.1, -0.05) is 40.0 Å². The minimum Gasteiger partial charge on any atom is -0.307 e. The van der Waals surface area contributed by atoms with Gasteiger partial charge in [0.15, 0.2) is 5.82 Å². The Bertz CT molecular complexity index is 336. The van der Waals surface area contributed by atoms with Crippen LogP contribution in [-0.2, 0) is 6.54 Å². The first kappa shape index (κ1) is 16.1. The second kappa shape index (κ2) is 9.02. The van der Waals surface area contributed by atoms with Gasteiger partial charge in [0.25, 0.3) is 0 Å². The smallest absolute Gasteiger partial charge is 0.167 e. The Morgan fingerprint density at radius 3 is 2.63 bits per heavy atom. The molecule has 0 aromatic carbocycles. The molecule has 1 rings (SSSR count). The zero-order valence-electron chi connectivity index (χ0n) is 12.9. The van der Waals surface area contributed by atoms with Gasteiger partial charge in [0.2, 0.25) is 0 Å². The maximum absolute atomic E-state index is 4.18. The van der Waals surface area contributed by atoms with E-state index in [4.69, 9.17) is 0 Å². The normalized spacial score (nSPS) is 14.5. The Morgan fingerprint density at radius 1 is 1.21 bits per heavy atom. The number of hydrogen-bond donors (Lipinski definition) is 1. The summed E-state index contributed by atoms with van der Waals surface area (Å²) in [5.74, 6) is 1.64. The fourth-order valence-electron chi connectivity index (χ4n) is 2.27. The van der Waals surface area contributed by atoms with Crippen LogP contribution in [0.15, 0.2) is 0 Å². The van der Waals surface area contributed by atoms with Crippen molar-refractivity contribution in [1.29, 1.82) is 0 Å². The Kier molecular flexibility index (Phi) is 7.63. The third kappa shape index (κ3) is 5.27. The molecule has 5 heteroatoms. The molecule has 1 N–H and O–H groups in total. The molecule has 2 atom stereocenters. The molecular weight excluding hydrogens is 238 g/mol. The lowest BCUT2D eigenvalue weighted by Gasteiger charge is -2.17. The van der Waals surface area contributed by atoms with Gasteiger partial charge in [0.05, 0.1) is 6.04 Å². The van der Waals surface area contributed by atoms with Crippen molar-refractivity contribution in [2.45, 2.75) is 72.4 Å². The summed E-state index contributed by atoms with van der Waals surface area (Å²) in [6, 6.07) is 0.221. The highest BCUT2D eigenvalue weighted by Crippen LogP contribution is 2.17. The Labute approximate surface area is 117 Å². The molecule has 0 aliphatic rings. The van der Waals surface area contributed by atoms with E-state index in [2.05, 4.69) is 48.5 Å². The molecule has 0 aliphatic heterocycles. The number of rotatable bonds is 10. The maximum Gasteiger partial charge on any atom is 0.167 e. The van der Waals surface area contributed by atoms with Gasteiger partial charge < -0.3 is 5.32 Å². The lowest BCUT2D eigenvalue weighted by molar-refractivity contribution is 0.353. The molecule has 0 saturated carbocycles. The molecule has 0 bridgehead atoms. The van der Waals surface area contributed by atoms with E-state index in [0.717, 1.165) is 25.3 Å². The SMILES string of the molecule is CCCCC(CC)Cn1nnnc1C(C)NCCC. The van der Waals surface area contributed by atoms with E-state index in [-0.39, 0.29) is 6.04 Å². The molecule has 110 valence electrons. The molecule has 0 aliphatic carbocycles. The fraction of sp³-hybridized carbons (Fsp3) is 0.929. The summed E-state index contributed by atoms with van der Waals surface area (Å²) in [7, 11) is 0. The average molecular weight is 267 g/mol. The third-order valence-electron chi connectivity index (χ3n) is 3.62. The van der Waals surface area contributed by atoms with Crippen molar-refractivity contribution in [3.63, 3.8) is 0 Å². The molecule has 0 amide bonds. The van der Waals surface area contributed by atoms with E-state index in [1.165, 1.54) is 25.7 Å². The number of unbranched alkanes of at least 4 members (excludes halogenated alkanes) is 1. The molecule has 1 heterocycles. The fourth-order valence-corrected chi connectivity index (χ4v) is 2.27. The van der Waals surface area contributed by atoms with Crippen molar-refractivity contribution in [3.8, 4) is 0 Å². The van der Waals surface area contributed by atoms with Gasteiger partial charge in [0, 0.05) is 6.54 Å². The van der Waals surface area contributed by atoms with Gasteiger partial charge in [-0.05, 0) is 42.7 Å².